The van der Waals surface area contributed by atoms with Crippen LogP contribution < -0.4 is 11.1 Å². The second-order valence-electron chi connectivity index (χ2n) is 3.53. The van der Waals surface area contributed by atoms with E-state index in [0.29, 0.717) is 21.5 Å². The topological polar surface area (TPSA) is 68.0 Å². The Hall–Kier alpha value is -1.11. The van der Waals surface area contributed by atoms with Crippen LogP contribution in [0.4, 0.5) is 10.8 Å². The molecule has 0 unspecified atom stereocenters. The van der Waals surface area contributed by atoms with Crippen LogP contribution in [0.25, 0.3) is 0 Å². The number of aromatic nitrogens is 1. The minimum Gasteiger partial charge on any atom is -0.375 e. The third-order valence-electron chi connectivity index (χ3n) is 2.12. The van der Waals surface area contributed by atoms with Gasteiger partial charge in [-0.3, -0.25) is 4.79 Å². The average molecular weight is 347 g/mol. The number of hydrogen-bond donors (Lipinski definition) is 2. The number of hydrogen-bond acceptors (Lipinski definition) is 4. The van der Waals surface area contributed by atoms with Crippen molar-refractivity contribution in [2.75, 3.05) is 11.1 Å². The summed E-state index contributed by atoms with van der Waals surface area (Å²) in [7, 11) is 0. The molecule has 0 radical (unpaired) electrons. The lowest BCUT2D eigenvalue weighted by molar-refractivity contribution is -0.115. The van der Waals surface area contributed by atoms with Crippen LogP contribution in [-0.2, 0) is 11.2 Å². The Balaban J connectivity index is 2.03. The fourth-order valence-corrected chi connectivity index (χ4v) is 2.64. The largest absolute Gasteiger partial charge is 0.375 e. The Bertz CT molecular complexity index is 587. The molecule has 94 valence electrons. The van der Waals surface area contributed by atoms with Crippen LogP contribution in [0.15, 0.2) is 28.1 Å². The molecule has 0 spiro atoms. The maximum atomic E-state index is 11.8. The smallest absolute Gasteiger partial charge is 0.230 e. The van der Waals surface area contributed by atoms with E-state index in [-0.39, 0.29) is 12.3 Å². The monoisotopic (exact) mass is 345 g/mol. The van der Waals surface area contributed by atoms with Crippen LogP contribution in [0, 0.1) is 0 Å². The predicted octanol–water partition coefficient (Wildman–Crippen LogP) is 3.32. The van der Waals surface area contributed by atoms with Crippen LogP contribution in [0.2, 0.25) is 5.02 Å². The molecule has 3 N–H and O–H groups in total. The minimum absolute atomic E-state index is 0.176. The molecule has 0 aliphatic carbocycles. The molecule has 1 aromatic heterocycles. The number of carbonyl (C=O) groups is 1. The van der Waals surface area contributed by atoms with Crippen LogP contribution in [-0.4, -0.2) is 10.9 Å². The van der Waals surface area contributed by atoms with Crippen LogP contribution >= 0.6 is 38.9 Å². The van der Waals surface area contributed by atoms with E-state index in [2.05, 4.69) is 26.2 Å². The molecule has 2 rings (SSSR count). The fraction of sp³-hybridized carbons (Fsp3) is 0.0909. The van der Waals surface area contributed by atoms with Crippen LogP contribution in [0.3, 0.4) is 0 Å². The van der Waals surface area contributed by atoms with Gasteiger partial charge < -0.3 is 11.1 Å². The van der Waals surface area contributed by atoms with E-state index in [1.165, 1.54) is 11.3 Å². The van der Waals surface area contributed by atoms with Gasteiger partial charge in [-0.1, -0.05) is 27.5 Å². The predicted molar refractivity (Wildman–Crippen MR) is 78.0 cm³/mol. The number of nitrogens with zero attached hydrogens (tertiary/aromatic N) is 1. The van der Waals surface area contributed by atoms with Crippen molar-refractivity contribution >= 4 is 55.6 Å². The zero-order valence-electron chi connectivity index (χ0n) is 9.11. The lowest BCUT2D eigenvalue weighted by Gasteiger charge is -2.06. The summed E-state index contributed by atoms with van der Waals surface area (Å²) in [4.78, 5) is 15.8. The second kappa shape index (κ2) is 5.69. The molecule has 0 saturated carbocycles. The van der Waals surface area contributed by atoms with Crippen molar-refractivity contribution in [3.8, 4) is 0 Å². The van der Waals surface area contributed by atoms with Gasteiger partial charge in [0.05, 0.1) is 22.8 Å². The third-order valence-corrected chi connectivity index (χ3v) is 3.65. The van der Waals surface area contributed by atoms with E-state index < -0.39 is 0 Å². The summed E-state index contributed by atoms with van der Waals surface area (Å²) in [6.07, 6.45) is 0.181. The number of carbonyl (C=O) groups excluding carboxylic acids is 1. The summed E-state index contributed by atoms with van der Waals surface area (Å²) in [5.41, 5.74) is 6.73. The molecule has 4 nitrogen and oxygen atoms in total. The Morgan fingerprint density at radius 1 is 1.56 bits per heavy atom. The van der Waals surface area contributed by atoms with Crippen molar-refractivity contribution in [3.63, 3.8) is 0 Å². The standard InChI is InChI=1S/C11H9BrClN3OS/c12-6-1-2-9(8(13)3-6)16-10(17)4-7-5-18-11(14)15-7/h1-3,5H,4H2,(H2,14,15)(H,16,17). The first-order chi connectivity index (χ1) is 8.54. The molecule has 0 bridgehead atoms. The molecular formula is C11H9BrClN3OS. The van der Waals surface area contributed by atoms with E-state index >= 15 is 0 Å². The Morgan fingerprint density at radius 3 is 2.94 bits per heavy atom. The fourth-order valence-electron chi connectivity index (χ4n) is 1.35. The van der Waals surface area contributed by atoms with Crippen molar-refractivity contribution in [1.82, 2.24) is 4.98 Å². The van der Waals surface area contributed by atoms with Gasteiger partial charge in [0.2, 0.25) is 5.91 Å². The number of halogens is 2. The molecule has 2 aromatic rings. The van der Waals surface area contributed by atoms with Gasteiger partial charge in [-0.15, -0.1) is 11.3 Å². The minimum atomic E-state index is -0.176. The average Bonchev–Trinajstić information content (AvgIpc) is 2.68. The van der Waals surface area contributed by atoms with Gasteiger partial charge in [0.1, 0.15) is 0 Å². The highest BCUT2D eigenvalue weighted by Crippen LogP contribution is 2.25. The lowest BCUT2D eigenvalue weighted by atomic mass is 10.3. The van der Waals surface area contributed by atoms with Crippen molar-refractivity contribution in [2.24, 2.45) is 0 Å². The summed E-state index contributed by atoms with van der Waals surface area (Å²) in [6.45, 7) is 0. The number of nitrogens with two attached hydrogens (primary N) is 1. The van der Waals surface area contributed by atoms with E-state index in [1.54, 1.807) is 17.5 Å². The van der Waals surface area contributed by atoms with Crippen molar-refractivity contribution in [1.29, 1.82) is 0 Å². The molecule has 0 aliphatic rings. The normalized spacial score (nSPS) is 10.3. The zero-order valence-corrected chi connectivity index (χ0v) is 12.3. The molecule has 1 heterocycles. The first-order valence-electron chi connectivity index (χ1n) is 4.99. The van der Waals surface area contributed by atoms with E-state index in [9.17, 15) is 4.79 Å². The molecule has 18 heavy (non-hydrogen) atoms. The molecule has 0 saturated heterocycles. The van der Waals surface area contributed by atoms with Gasteiger partial charge in [0, 0.05) is 9.85 Å². The van der Waals surface area contributed by atoms with Gasteiger partial charge in [0.15, 0.2) is 5.13 Å². The molecule has 1 amide bonds. The maximum absolute atomic E-state index is 11.8. The summed E-state index contributed by atoms with van der Waals surface area (Å²) in [5, 5.41) is 5.43. The summed E-state index contributed by atoms with van der Waals surface area (Å²) >= 11 is 10.6. The van der Waals surface area contributed by atoms with Gasteiger partial charge >= 0.3 is 0 Å². The SMILES string of the molecule is Nc1nc(CC(=O)Nc2ccc(Br)cc2Cl)cs1. The number of anilines is 2. The highest BCUT2D eigenvalue weighted by Gasteiger charge is 2.09. The van der Waals surface area contributed by atoms with Crippen molar-refractivity contribution in [3.05, 3.63) is 38.8 Å². The van der Waals surface area contributed by atoms with Gasteiger partial charge in [0.25, 0.3) is 0 Å². The number of benzene rings is 1. The molecule has 7 heteroatoms. The van der Waals surface area contributed by atoms with Crippen molar-refractivity contribution < 1.29 is 4.79 Å². The summed E-state index contributed by atoms with van der Waals surface area (Å²) < 4.78 is 0.859. The molecule has 1 aromatic carbocycles. The quantitative estimate of drug-likeness (QED) is 0.896. The van der Waals surface area contributed by atoms with Gasteiger partial charge in [-0.25, -0.2) is 4.98 Å². The van der Waals surface area contributed by atoms with Gasteiger partial charge in [-0.05, 0) is 18.2 Å². The molecule has 0 atom stereocenters. The second-order valence-corrected chi connectivity index (χ2v) is 5.74. The van der Waals surface area contributed by atoms with Crippen LogP contribution in [0.5, 0.6) is 0 Å². The number of rotatable bonds is 3. The number of amides is 1. The lowest BCUT2D eigenvalue weighted by Crippen LogP contribution is -2.14. The first-order valence-corrected chi connectivity index (χ1v) is 7.04. The Kier molecular flexibility index (Phi) is 4.21. The van der Waals surface area contributed by atoms with E-state index in [0.717, 1.165) is 4.47 Å². The first kappa shape index (κ1) is 13.3. The van der Waals surface area contributed by atoms with E-state index in [4.69, 9.17) is 17.3 Å². The number of thiazole rings is 1. The summed E-state index contributed by atoms with van der Waals surface area (Å²) in [5.74, 6) is -0.176. The third kappa shape index (κ3) is 3.44. The van der Waals surface area contributed by atoms with Crippen molar-refractivity contribution in [2.45, 2.75) is 6.42 Å². The summed E-state index contributed by atoms with van der Waals surface area (Å²) in [6, 6.07) is 5.26. The van der Waals surface area contributed by atoms with Gasteiger partial charge in [-0.2, -0.15) is 0 Å². The number of nitrogens with one attached hydrogen (secondary N) is 1. The molecule has 0 aliphatic heterocycles. The maximum Gasteiger partial charge on any atom is 0.230 e. The van der Waals surface area contributed by atoms with E-state index in [1.807, 2.05) is 6.07 Å². The Morgan fingerprint density at radius 2 is 2.33 bits per heavy atom. The zero-order chi connectivity index (χ0) is 13.1. The number of nitrogen functional groups attached to an aromatic ring is 1. The highest BCUT2D eigenvalue weighted by molar-refractivity contribution is 9.10. The Labute approximate surface area is 121 Å². The van der Waals surface area contributed by atoms with Crippen LogP contribution in [0.1, 0.15) is 5.69 Å². The molecular weight excluding hydrogens is 338 g/mol. The molecule has 0 fully saturated rings. The highest BCUT2D eigenvalue weighted by atomic mass is 79.9.